The van der Waals surface area contributed by atoms with Crippen molar-refractivity contribution < 1.29 is 19.1 Å². The number of carbonyl (C=O) groups is 2. The van der Waals surface area contributed by atoms with E-state index in [0.717, 1.165) is 5.56 Å². The average molecular weight is 390 g/mol. The van der Waals surface area contributed by atoms with Crippen LogP contribution >= 0.6 is 0 Å². The molecule has 29 heavy (non-hydrogen) atoms. The molecule has 0 bridgehead atoms. The molecule has 0 aliphatic carbocycles. The van der Waals surface area contributed by atoms with Crippen LogP contribution in [0.4, 0.5) is 4.79 Å². The molecule has 0 atom stereocenters. The van der Waals surface area contributed by atoms with Gasteiger partial charge in [-0.3, -0.25) is 10.1 Å². The number of ether oxygens (including phenoxy) is 2. The number of nitrogens with one attached hydrogen (secondary N) is 1. The molecule has 0 aliphatic heterocycles. The Hall–Kier alpha value is -4.30. The Balaban J connectivity index is 2.27. The smallest absolute Gasteiger partial charge is 0.319 e. The maximum atomic E-state index is 11.8. The third-order valence-corrected chi connectivity index (χ3v) is 3.70. The number of benzene rings is 2. The van der Waals surface area contributed by atoms with Crippen LogP contribution in [0.25, 0.3) is 6.08 Å². The van der Waals surface area contributed by atoms with Crippen molar-refractivity contribution >= 4 is 18.0 Å². The van der Waals surface area contributed by atoms with Gasteiger partial charge >= 0.3 is 6.03 Å². The first-order chi connectivity index (χ1) is 14.0. The number of urea groups is 1. The van der Waals surface area contributed by atoms with Gasteiger partial charge in [0.15, 0.2) is 11.5 Å². The molecule has 0 aliphatic rings. The molecular formula is C21H18N4O4. The summed E-state index contributed by atoms with van der Waals surface area (Å²) in [5, 5.41) is 20.2. The Morgan fingerprint density at radius 2 is 1.90 bits per heavy atom. The lowest BCUT2D eigenvalue weighted by Crippen LogP contribution is -2.35. The lowest BCUT2D eigenvalue weighted by molar-refractivity contribution is -0.115. The number of hydrogen-bond donors (Lipinski definition) is 2. The number of amides is 3. The second kappa shape index (κ2) is 10.1. The van der Waals surface area contributed by atoms with Crippen LogP contribution in [-0.4, -0.2) is 18.5 Å². The molecule has 3 N–H and O–H groups in total. The van der Waals surface area contributed by atoms with Crippen molar-refractivity contribution in [1.29, 1.82) is 10.5 Å². The van der Waals surface area contributed by atoms with Gasteiger partial charge in [-0.2, -0.15) is 10.5 Å². The number of carbonyl (C=O) groups excluding carboxylic acids is 2. The van der Waals surface area contributed by atoms with E-state index in [4.69, 9.17) is 20.5 Å². The fourth-order valence-corrected chi connectivity index (χ4v) is 2.41. The van der Waals surface area contributed by atoms with Crippen molar-refractivity contribution in [3.05, 3.63) is 64.7 Å². The number of imide groups is 1. The normalized spacial score (nSPS) is 10.4. The molecular weight excluding hydrogens is 372 g/mol. The molecule has 2 aromatic carbocycles. The van der Waals surface area contributed by atoms with Crippen LogP contribution < -0.4 is 20.5 Å². The predicted molar refractivity (Wildman–Crippen MR) is 104 cm³/mol. The minimum Gasteiger partial charge on any atom is -0.490 e. The molecule has 0 spiro atoms. The van der Waals surface area contributed by atoms with Crippen molar-refractivity contribution in [1.82, 2.24) is 5.32 Å². The lowest BCUT2D eigenvalue weighted by atomic mass is 10.1. The van der Waals surface area contributed by atoms with Gasteiger partial charge in [0.2, 0.25) is 0 Å². The van der Waals surface area contributed by atoms with Gasteiger partial charge in [-0.05, 0) is 36.8 Å². The van der Waals surface area contributed by atoms with Crippen LogP contribution in [0.1, 0.15) is 23.6 Å². The van der Waals surface area contributed by atoms with E-state index >= 15 is 0 Å². The predicted octanol–water partition coefficient (Wildman–Crippen LogP) is 2.64. The zero-order chi connectivity index (χ0) is 21.2. The Morgan fingerprint density at radius 1 is 1.14 bits per heavy atom. The maximum absolute atomic E-state index is 11.8. The molecule has 146 valence electrons. The Kier molecular flexibility index (Phi) is 7.35. The van der Waals surface area contributed by atoms with Gasteiger partial charge < -0.3 is 15.2 Å². The molecule has 3 amide bonds. The third kappa shape index (κ3) is 5.84. The minimum absolute atomic E-state index is 0.170. The van der Waals surface area contributed by atoms with E-state index < -0.39 is 11.9 Å². The van der Waals surface area contributed by atoms with Crippen molar-refractivity contribution in [3.63, 3.8) is 0 Å². The quantitative estimate of drug-likeness (QED) is 0.550. The number of nitrogens with two attached hydrogens (primary N) is 1. The topological polar surface area (TPSA) is 138 Å². The van der Waals surface area contributed by atoms with E-state index in [1.165, 1.54) is 6.08 Å². The van der Waals surface area contributed by atoms with Crippen molar-refractivity contribution in [2.75, 3.05) is 6.61 Å². The van der Waals surface area contributed by atoms with Crippen LogP contribution in [-0.2, 0) is 11.4 Å². The summed E-state index contributed by atoms with van der Waals surface area (Å²) in [5.41, 5.74) is 6.36. The molecule has 0 heterocycles. The summed E-state index contributed by atoms with van der Waals surface area (Å²) in [6.07, 6.45) is 1.30. The average Bonchev–Trinajstić information content (AvgIpc) is 2.71. The molecule has 0 fully saturated rings. The summed E-state index contributed by atoms with van der Waals surface area (Å²) in [6.45, 7) is 2.34. The van der Waals surface area contributed by atoms with E-state index in [2.05, 4.69) is 6.07 Å². The number of nitriles is 2. The van der Waals surface area contributed by atoms with Gasteiger partial charge in [-0.15, -0.1) is 0 Å². The summed E-state index contributed by atoms with van der Waals surface area (Å²) in [4.78, 5) is 22.6. The Morgan fingerprint density at radius 3 is 2.55 bits per heavy atom. The van der Waals surface area contributed by atoms with Crippen molar-refractivity contribution in [2.24, 2.45) is 5.73 Å². The maximum Gasteiger partial charge on any atom is 0.319 e. The van der Waals surface area contributed by atoms with Gasteiger partial charge in [0, 0.05) is 5.56 Å². The zero-order valence-electron chi connectivity index (χ0n) is 15.6. The molecule has 0 saturated carbocycles. The van der Waals surface area contributed by atoms with E-state index in [0.29, 0.717) is 29.2 Å². The van der Waals surface area contributed by atoms with E-state index in [1.54, 1.807) is 49.4 Å². The SMILES string of the molecule is CCOc1cc(/C=C(/C#N)C(=O)NC(N)=O)ccc1OCc1ccccc1C#N. The number of rotatable bonds is 7. The van der Waals surface area contributed by atoms with Crippen molar-refractivity contribution in [3.8, 4) is 23.6 Å². The molecule has 8 heteroatoms. The van der Waals surface area contributed by atoms with E-state index in [1.807, 2.05) is 11.4 Å². The van der Waals surface area contributed by atoms with Gasteiger partial charge in [0.1, 0.15) is 18.2 Å². The number of primary amides is 1. The summed E-state index contributed by atoms with van der Waals surface area (Å²) in [7, 11) is 0. The standard InChI is InChI=1S/C21H18N4O4/c1-2-28-19-10-14(9-17(12-23)20(26)25-21(24)27)7-8-18(19)29-13-16-6-4-3-5-15(16)11-22/h3-10H,2,13H2,1H3,(H3,24,25,26,27)/b17-9-. The largest absolute Gasteiger partial charge is 0.490 e. The molecule has 0 aromatic heterocycles. The van der Waals surface area contributed by atoms with Crippen molar-refractivity contribution in [2.45, 2.75) is 13.5 Å². The highest BCUT2D eigenvalue weighted by Crippen LogP contribution is 2.30. The highest BCUT2D eigenvalue weighted by Gasteiger charge is 2.13. The first-order valence-corrected chi connectivity index (χ1v) is 8.58. The fourth-order valence-electron chi connectivity index (χ4n) is 2.41. The summed E-state index contributed by atoms with van der Waals surface area (Å²) in [5.74, 6) is -0.0495. The molecule has 0 radical (unpaired) electrons. The molecule has 8 nitrogen and oxygen atoms in total. The Labute approximate surface area is 167 Å². The fraction of sp³-hybridized carbons (Fsp3) is 0.143. The second-order valence-corrected chi connectivity index (χ2v) is 5.69. The summed E-state index contributed by atoms with van der Waals surface area (Å²) < 4.78 is 11.4. The second-order valence-electron chi connectivity index (χ2n) is 5.69. The zero-order valence-corrected chi connectivity index (χ0v) is 15.6. The van der Waals surface area contributed by atoms with E-state index in [9.17, 15) is 14.9 Å². The van der Waals surface area contributed by atoms with Gasteiger partial charge in [0.05, 0.1) is 18.2 Å². The third-order valence-electron chi connectivity index (χ3n) is 3.70. The lowest BCUT2D eigenvalue weighted by Gasteiger charge is -2.13. The highest BCUT2D eigenvalue weighted by atomic mass is 16.5. The minimum atomic E-state index is -1.05. The van der Waals surface area contributed by atoms with Crippen LogP contribution in [0.2, 0.25) is 0 Å². The van der Waals surface area contributed by atoms with Crippen LogP contribution in [0, 0.1) is 22.7 Å². The molecule has 2 rings (SSSR count). The Bertz CT molecular complexity index is 1030. The summed E-state index contributed by atoms with van der Waals surface area (Å²) in [6, 6.07) is 14.7. The summed E-state index contributed by atoms with van der Waals surface area (Å²) >= 11 is 0. The first kappa shape index (κ1) is 21.0. The van der Waals surface area contributed by atoms with Crippen LogP contribution in [0.5, 0.6) is 11.5 Å². The van der Waals surface area contributed by atoms with E-state index in [-0.39, 0.29) is 12.2 Å². The van der Waals surface area contributed by atoms with Gasteiger partial charge in [-0.25, -0.2) is 4.79 Å². The molecule has 2 aromatic rings. The van der Waals surface area contributed by atoms with Crippen LogP contribution in [0.3, 0.4) is 0 Å². The molecule has 0 unspecified atom stereocenters. The van der Waals surface area contributed by atoms with Gasteiger partial charge in [0.25, 0.3) is 5.91 Å². The van der Waals surface area contributed by atoms with Gasteiger partial charge in [-0.1, -0.05) is 24.3 Å². The first-order valence-electron chi connectivity index (χ1n) is 8.58. The van der Waals surface area contributed by atoms with Crippen LogP contribution in [0.15, 0.2) is 48.0 Å². The number of hydrogen-bond acceptors (Lipinski definition) is 6. The monoisotopic (exact) mass is 390 g/mol. The number of nitrogens with zero attached hydrogens (tertiary/aromatic N) is 2. The molecule has 0 saturated heterocycles. The highest BCUT2D eigenvalue weighted by molar-refractivity contribution is 6.08.